The van der Waals surface area contributed by atoms with Gasteiger partial charge < -0.3 is 4.74 Å². The van der Waals surface area contributed by atoms with Crippen molar-refractivity contribution in [3.8, 4) is 0 Å². The lowest BCUT2D eigenvalue weighted by Gasteiger charge is -2.08. The highest BCUT2D eigenvalue weighted by Gasteiger charge is 2.15. The predicted octanol–water partition coefficient (Wildman–Crippen LogP) is 2.25. The van der Waals surface area contributed by atoms with Gasteiger partial charge in [-0.1, -0.05) is 23.7 Å². The molecule has 0 aliphatic carbocycles. The number of ether oxygens (including phenoxy) is 1. The molecule has 0 spiro atoms. The van der Waals surface area contributed by atoms with E-state index in [2.05, 4.69) is 14.4 Å². The number of anilines is 1. The maximum atomic E-state index is 12.2. The zero-order valence-electron chi connectivity index (χ0n) is 11.6. The van der Waals surface area contributed by atoms with Gasteiger partial charge >= 0.3 is 5.97 Å². The second-order valence-electron chi connectivity index (χ2n) is 4.33. The Kier molecular flexibility index (Phi) is 4.99. The van der Waals surface area contributed by atoms with Gasteiger partial charge in [-0.05, 0) is 30.3 Å². The number of esters is 1. The Hall–Kier alpha value is -2.12. The van der Waals surface area contributed by atoms with Gasteiger partial charge in [0.05, 0.1) is 24.1 Å². The second kappa shape index (κ2) is 6.76. The van der Waals surface area contributed by atoms with E-state index in [1.54, 1.807) is 18.2 Å². The number of aromatic nitrogens is 1. The molecule has 0 radical (unpaired) electrons. The Labute approximate surface area is 133 Å². The third-order valence-corrected chi connectivity index (χ3v) is 4.29. The highest BCUT2D eigenvalue weighted by atomic mass is 35.5. The first-order chi connectivity index (χ1) is 10.4. The monoisotopic (exact) mass is 340 g/mol. The SMILES string of the molecule is COC(=O)Cc1cccc(NS(=O)(=O)c2cccc(Cl)c2)n1. The molecule has 116 valence electrons. The number of sulfonamides is 1. The Morgan fingerprint density at radius 3 is 2.68 bits per heavy atom. The van der Waals surface area contributed by atoms with E-state index in [1.165, 1.54) is 31.4 Å². The minimum atomic E-state index is -3.80. The highest BCUT2D eigenvalue weighted by Crippen LogP contribution is 2.18. The average molecular weight is 341 g/mol. The van der Waals surface area contributed by atoms with E-state index in [1.807, 2.05) is 0 Å². The van der Waals surface area contributed by atoms with E-state index in [4.69, 9.17) is 11.6 Å². The third kappa shape index (κ3) is 4.19. The molecule has 0 saturated carbocycles. The number of benzene rings is 1. The summed E-state index contributed by atoms with van der Waals surface area (Å²) in [6, 6.07) is 10.6. The molecule has 1 N–H and O–H groups in total. The molecule has 2 aromatic rings. The largest absolute Gasteiger partial charge is 0.469 e. The molecule has 6 nitrogen and oxygen atoms in total. The van der Waals surface area contributed by atoms with Crippen molar-refractivity contribution in [3.63, 3.8) is 0 Å². The number of nitrogens with zero attached hydrogens (tertiary/aromatic N) is 1. The summed E-state index contributed by atoms with van der Waals surface area (Å²) in [5.41, 5.74) is 0.401. The molecule has 0 atom stereocenters. The fourth-order valence-electron chi connectivity index (χ4n) is 1.69. The smallest absolute Gasteiger partial charge is 0.311 e. The van der Waals surface area contributed by atoms with Crippen LogP contribution in [-0.2, 0) is 26.0 Å². The van der Waals surface area contributed by atoms with Crippen LogP contribution in [0.25, 0.3) is 0 Å². The molecule has 0 aliphatic heterocycles. The molecule has 1 aromatic carbocycles. The predicted molar refractivity (Wildman–Crippen MR) is 82.2 cm³/mol. The number of methoxy groups -OCH3 is 1. The van der Waals surface area contributed by atoms with Crippen LogP contribution in [0.2, 0.25) is 5.02 Å². The normalized spacial score (nSPS) is 11.0. The van der Waals surface area contributed by atoms with Gasteiger partial charge in [0.25, 0.3) is 10.0 Å². The van der Waals surface area contributed by atoms with Crippen molar-refractivity contribution >= 4 is 33.4 Å². The van der Waals surface area contributed by atoms with Gasteiger partial charge in [0.1, 0.15) is 5.82 Å². The number of carbonyl (C=O) groups is 1. The van der Waals surface area contributed by atoms with Crippen molar-refractivity contribution in [2.75, 3.05) is 11.8 Å². The lowest BCUT2D eigenvalue weighted by atomic mass is 10.3. The van der Waals surface area contributed by atoms with Crippen LogP contribution in [0.3, 0.4) is 0 Å². The fourth-order valence-corrected chi connectivity index (χ4v) is 2.99. The van der Waals surface area contributed by atoms with Crippen LogP contribution >= 0.6 is 11.6 Å². The quantitative estimate of drug-likeness (QED) is 0.844. The van der Waals surface area contributed by atoms with E-state index >= 15 is 0 Å². The van der Waals surface area contributed by atoms with Crippen LogP contribution in [0.4, 0.5) is 5.82 Å². The molecule has 0 unspecified atom stereocenters. The van der Waals surface area contributed by atoms with Gasteiger partial charge in [-0.2, -0.15) is 0 Å². The van der Waals surface area contributed by atoms with E-state index in [-0.39, 0.29) is 17.1 Å². The maximum Gasteiger partial charge on any atom is 0.311 e. The number of halogens is 1. The molecule has 0 amide bonds. The number of hydrogen-bond donors (Lipinski definition) is 1. The minimum Gasteiger partial charge on any atom is -0.469 e. The Morgan fingerprint density at radius 1 is 1.27 bits per heavy atom. The summed E-state index contributed by atoms with van der Waals surface area (Å²) in [5, 5.41) is 0.315. The van der Waals surface area contributed by atoms with Gasteiger partial charge in [0.15, 0.2) is 0 Å². The van der Waals surface area contributed by atoms with Crippen LogP contribution < -0.4 is 4.72 Å². The van der Waals surface area contributed by atoms with Crippen LogP contribution in [0.15, 0.2) is 47.4 Å². The fraction of sp³-hybridized carbons (Fsp3) is 0.143. The van der Waals surface area contributed by atoms with E-state index in [9.17, 15) is 13.2 Å². The van der Waals surface area contributed by atoms with Crippen LogP contribution in [0, 0.1) is 0 Å². The zero-order chi connectivity index (χ0) is 16.2. The first-order valence-electron chi connectivity index (χ1n) is 6.22. The maximum absolute atomic E-state index is 12.2. The molecular formula is C14H13ClN2O4S. The number of pyridine rings is 1. The topological polar surface area (TPSA) is 85.4 Å². The van der Waals surface area contributed by atoms with Crippen molar-refractivity contribution in [1.82, 2.24) is 4.98 Å². The number of nitrogens with one attached hydrogen (secondary N) is 1. The van der Waals surface area contributed by atoms with Crippen LogP contribution in [0.5, 0.6) is 0 Å². The van der Waals surface area contributed by atoms with Gasteiger partial charge in [-0.3, -0.25) is 9.52 Å². The van der Waals surface area contributed by atoms with Gasteiger partial charge in [-0.25, -0.2) is 13.4 Å². The zero-order valence-corrected chi connectivity index (χ0v) is 13.2. The lowest BCUT2D eigenvalue weighted by molar-refractivity contribution is -0.139. The number of carbonyl (C=O) groups excluding carboxylic acids is 1. The highest BCUT2D eigenvalue weighted by molar-refractivity contribution is 7.92. The van der Waals surface area contributed by atoms with Crippen LogP contribution in [0.1, 0.15) is 5.69 Å². The van der Waals surface area contributed by atoms with Crippen molar-refractivity contribution < 1.29 is 17.9 Å². The summed E-state index contributed by atoms with van der Waals surface area (Å²) in [4.78, 5) is 15.3. The van der Waals surface area contributed by atoms with Crippen molar-refractivity contribution in [3.05, 3.63) is 53.2 Å². The number of rotatable bonds is 5. The summed E-state index contributed by atoms with van der Waals surface area (Å²) in [7, 11) is -2.53. The van der Waals surface area contributed by atoms with E-state index in [0.29, 0.717) is 10.7 Å². The summed E-state index contributed by atoms with van der Waals surface area (Å²) in [6.45, 7) is 0. The number of hydrogen-bond acceptors (Lipinski definition) is 5. The molecule has 8 heteroatoms. The minimum absolute atomic E-state index is 0.0279. The lowest BCUT2D eigenvalue weighted by Crippen LogP contribution is -2.15. The molecule has 22 heavy (non-hydrogen) atoms. The second-order valence-corrected chi connectivity index (χ2v) is 6.45. The Balaban J connectivity index is 2.23. The van der Waals surface area contributed by atoms with Gasteiger partial charge in [-0.15, -0.1) is 0 Å². The van der Waals surface area contributed by atoms with Gasteiger partial charge in [0.2, 0.25) is 0 Å². The third-order valence-electron chi connectivity index (χ3n) is 2.71. The van der Waals surface area contributed by atoms with Gasteiger partial charge in [0, 0.05) is 5.02 Å². The molecule has 0 bridgehead atoms. The molecule has 1 aromatic heterocycles. The molecule has 0 aliphatic rings. The molecule has 0 fully saturated rings. The molecule has 2 rings (SSSR count). The van der Waals surface area contributed by atoms with Crippen molar-refractivity contribution in [2.45, 2.75) is 11.3 Å². The summed E-state index contributed by atoms with van der Waals surface area (Å²) in [5.74, 6) is -0.344. The van der Waals surface area contributed by atoms with E-state index < -0.39 is 16.0 Å². The summed E-state index contributed by atoms with van der Waals surface area (Å²) in [6.07, 6.45) is -0.0385. The molecular weight excluding hydrogens is 328 g/mol. The van der Waals surface area contributed by atoms with E-state index in [0.717, 1.165) is 0 Å². The molecule has 0 saturated heterocycles. The average Bonchev–Trinajstić information content (AvgIpc) is 2.47. The summed E-state index contributed by atoms with van der Waals surface area (Å²) < 4.78 is 31.4. The Bertz CT molecular complexity index is 793. The first-order valence-corrected chi connectivity index (χ1v) is 8.08. The van der Waals surface area contributed by atoms with Crippen molar-refractivity contribution in [2.24, 2.45) is 0 Å². The Morgan fingerprint density at radius 2 is 2.00 bits per heavy atom. The van der Waals surface area contributed by atoms with Crippen molar-refractivity contribution in [1.29, 1.82) is 0 Å². The van der Waals surface area contributed by atoms with Crippen LogP contribution in [-0.4, -0.2) is 26.5 Å². The first kappa shape index (κ1) is 16.3. The standard InChI is InChI=1S/C14H13ClN2O4S/c1-21-14(18)9-11-5-3-7-13(16-11)17-22(19,20)12-6-2-4-10(15)8-12/h2-8H,9H2,1H3,(H,16,17). The summed E-state index contributed by atoms with van der Waals surface area (Å²) >= 11 is 5.79. The molecule has 1 heterocycles.